The van der Waals surface area contributed by atoms with Crippen molar-refractivity contribution in [1.82, 2.24) is 0 Å². The molecule has 8 nitrogen and oxygen atoms in total. The summed E-state index contributed by atoms with van der Waals surface area (Å²) in [5, 5.41) is 53.5. The Morgan fingerprint density at radius 2 is 0.875 bits per heavy atom. The van der Waals surface area contributed by atoms with E-state index in [9.17, 15) is 9.59 Å². The molecular formula is C8H6O8. The van der Waals surface area contributed by atoms with Crippen molar-refractivity contribution < 1.29 is 40.2 Å². The van der Waals surface area contributed by atoms with Crippen LogP contribution < -0.4 is 0 Å². The summed E-state index contributed by atoms with van der Waals surface area (Å²) < 4.78 is 0. The summed E-state index contributed by atoms with van der Waals surface area (Å²) in [5.41, 5.74) is -2.42. The summed E-state index contributed by atoms with van der Waals surface area (Å²) in [7, 11) is 0. The van der Waals surface area contributed by atoms with E-state index in [2.05, 4.69) is 0 Å². The molecule has 0 aliphatic heterocycles. The summed E-state index contributed by atoms with van der Waals surface area (Å²) >= 11 is 0. The number of phenolic OH excluding ortho intramolecular Hbond substituents is 2. The van der Waals surface area contributed by atoms with Crippen LogP contribution >= 0.6 is 0 Å². The fourth-order valence-electron chi connectivity index (χ4n) is 1.11. The number of hydrogen-bond acceptors (Lipinski definition) is 6. The van der Waals surface area contributed by atoms with Crippen LogP contribution in [0.25, 0.3) is 0 Å². The van der Waals surface area contributed by atoms with Crippen LogP contribution in [0.5, 0.6) is 23.0 Å². The molecule has 0 aromatic heterocycles. The van der Waals surface area contributed by atoms with E-state index in [0.29, 0.717) is 0 Å². The largest absolute Gasteiger partial charge is 0.504 e. The number of aromatic hydroxyl groups is 4. The molecule has 0 spiro atoms. The number of carboxylic acid groups (broad SMARTS) is 2. The van der Waals surface area contributed by atoms with Gasteiger partial charge in [0.1, 0.15) is 11.1 Å². The molecule has 1 aromatic rings. The lowest BCUT2D eigenvalue weighted by atomic mass is 10.0. The minimum Gasteiger partial charge on any atom is -0.504 e. The number of rotatable bonds is 2. The third kappa shape index (κ3) is 1.41. The molecule has 16 heavy (non-hydrogen) atoms. The van der Waals surface area contributed by atoms with Crippen LogP contribution in [0, 0.1) is 0 Å². The Hall–Kier alpha value is -2.64. The zero-order valence-corrected chi connectivity index (χ0v) is 7.50. The van der Waals surface area contributed by atoms with E-state index < -0.39 is 46.1 Å². The van der Waals surface area contributed by atoms with E-state index in [-0.39, 0.29) is 0 Å². The second-order valence-corrected chi connectivity index (χ2v) is 2.75. The molecular weight excluding hydrogens is 224 g/mol. The first-order valence-electron chi connectivity index (χ1n) is 3.75. The van der Waals surface area contributed by atoms with Gasteiger partial charge in [-0.1, -0.05) is 0 Å². The quantitative estimate of drug-likeness (QED) is 0.304. The molecule has 0 bridgehead atoms. The molecule has 0 heterocycles. The highest BCUT2D eigenvalue weighted by molar-refractivity contribution is 6.07. The van der Waals surface area contributed by atoms with Crippen molar-refractivity contribution >= 4 is 11.9 Å². The first kappa shape index (κ1) is 11.4. The molecule has 86 valence electrons. The number of benzene rings is 1. The third-order valence-corrected chi connectivity index (χ3v) is 1.82. The second kappa shape index (κ2) is 3.50. The summed E-state index contributed by atoms with van der Waals surface area (Å²) in [6.45, 7) is 0. The fraction of sp³-hybridized carbons (Fsp3) is 0. The Labute approximate surface area is 87.2 Å². The molecule has 0 fully saturated rings. The summed E-state index contributed by atoms with van der Waals surface area (Å²) in [4.78, 5) is 21.3. The molecule has 0 amide bonds. The van der Waals surface area contributed by atoms with Crippen molar-refractivity contribution in [2.45, 2.75) is 0 Å². The highest BCUT2D eigenvalue weighted by atomic mass is 16.4. The minimum absolute atomic E-state index is 1.21. The molecule has 8 heteroatoms. The lowest BCUT2D eigenvalue weighted by molar-refractivity contribution is 0.0644. The zero-order valence-electron chi connectivity index (χ0n) is 7.50. The summed E-state index contributed by atoms with van der Waals surface area (Å²) in [6.07, 6.45) is 0. The highest BCUT2D eigenvalue weighted by Crippen LogP contribution is 2.46. The molecule has 0 aliphatic rings. The van der Waals surface area contributed by atoms with Crippen LogP contribution in [0.15, 0.2) is 0 Å². The van der Waals surface area contributed by atoms with E-state index in [4.69, 9.17) is 30.6 Å². The van der Waals surface area contributed by atoms with Crippen molar-refractivity contribution in [3.05, 3.63) is 11.1 Å². The van der Waals surface area contributed by atoms with Gasteiger partial charge in [-0.3, -0.25) is 0 Å². The average molecular weight is 230 g/mol. The van der Waals surface area contributed by atoms with Gasteiger partial charge in [0.25, 0.3) is 0 Å². The first-order valence-corrected chi connectivity index (χ1v) is 3.75. The second-order valence-electron chi connectivity index (χ2n) is 2.75. The van der Waals surface area contributed by atoms with Gasteiger partial charge in [-0.15, -0.1) is 0 Å². The number of carbonyl (C=O) groups is 2. The van der Waals surface area contributed by atoms with E-state index in [0.717, 1.165) is 0 Å². The molecule has 0 atom stereocenters. The van der Waals surface area contributed by atoms with Crippen molar-refractivity contribution in [2.24, 2.45) is 0 Å². The Morgan fingerprint density at radius 3 is 1.06 bits per heavy atom. The average Bonchev–Trinajstić information content (AvgIpc) is 2.18. The van der Waals surface area contributed by atoms with E-state index in [1.54, 1.807) is 0 Å². The Kier molecular flexibility index (Phi) is 2.50. The van der Waals surface area contributed by atoms with Crippen molar-refractivity contribution in [1.29, 1.82) is 0 Å². The lowest BCUT2D eigenvalue weighted by Crippen LogP contribution is -2.09. The Balaban J connectivity index is 3.83. The molecule has 0 aliphatic carbocycles. The van der Waals surface area contributed by atoms with Gasteiger partial charge in [0.15, 0.2) is 11.5 Å². The van der Waals surface area contributed by atoms with E-state index in [1.807, 2.05) is 0 Å². The predicted octanol–water partition coefficient (Wildman–Crippen LogP) is -0.0946. The summed E-state index contributed by atoms with van der Waals surface area (Å²) in [5.74, 6) is -9.03. The SMILES string of the molecule is O=C(O)c1c(O)c(O)c(O)c(O)c1C(=O)O. The topological polar surface area (TPSA) is 156 Å². The number of hydrogen-bond donors (Lipinski definition) is 6. The molecule has 0 saturated carbocycles. The van der Waals surface area contributed by atoms with Gasteiger partial charge in [-0.2, -0.15) is 0 Å². The molecule has 1 rings (SSSR count). The number of aromatic carboxylic acids is 2. The monoisotopic (exact) mass is 230 g/mol. The van der Waals surface area contributed by atoms with Gasteiger partial charge in [0.05, 0.1) is 0 Å². The van der Waals surface area contributed by atoms with Crippen LogP contribution in [-0.4, -0.2) is 42.6 Å². The fourth-order valence-corrected chi connectivity index (χ4v) is 1.11. The number of carboxylic acids is 2. The van der Waals surface area contributed by atoms with E-state index >= 15 is 0 Å². The Bertz CT molecular complexity index is 445. The van der Waals surface area contributed by atoms with Crippen molar-refractivity contribution in [3.8, 4) is 23.0 Å². The summed E-state index contributed by atoms with van der Waals surface area (Å²) in [6, 6.07) is 0. The third-order valence-electron chi connectivity index (χ3n) is 1.82. The molecule has 6 N–H and O–H groups in total. The Morgan fingerprint density at radius 1 is 0.625 bits per heavy atom. The van der Waals surface area contributed by atoms with Gasteiger partial charge in [0.2, 0.25) is 11.5 Å². The van der Waals surface area contributed by atoms with Gasteiger partial charge in [-0.25, -0.2) is 9.59 Å². The number of phenols is 4. The van der Waals surface area contributed by atoms with E-state index in [1.165, 1.54) is 0 Å². The maximum atomic E-state index is 10.6. The predicted molar refractivity (Wildman–Crippen MR) is 47.0 cm³/mol. The minimum atomic E-state index is -1.87. The van der Waals surface area contributed by atoms with Crippen LogP contribution in [0.3, 0.4) is 0 Å². The molecule has 0 unspecified atom stereocenters. The van der Waals surface area contributed by atoms with Crippen molar-refractivity contribution in [3.63, 3.8) is 0 Å². The van der Waals surface area contributed by atoms with Crippen LogP contribution in [0.2, 0.25) is 0 Å². The van der Waals surface area contributed by atoms with Crippen molar-refractivity contribution in [2.75, 3.05) is 0 Å². The standard InChI is InChI=1S/C8H6O8/c9-3-1(7(13)14)2(8(15)16)4(10)6(12)5(3)11/h9-12H,(H,13,14)(H,15,16). The molecule has 0 radical (unpaired) electrons. The normalized spacial score (nSPS) is 10.0. The van der Waals surface area contributed by atoms with Crippen LogP contribution in [-0.2, 0) is 0 Å². The maximum absolute atomic E-state index is 10.6. The maximum Gasteiger partial charge on any atom is 0.340 e. The van der Waals surface area contributed by atoms with Crippen LogP contribution in [0.1, 0.15) is 20.7 Å². The first-order chi connectivity index (χ1) is 7.29. The zero-order chi connectivity index (χ0) is 12.6. The van der Waals surface area contributed by atoms with Gasteiger partial charge < -0.3 is 30.6 Å². The molecule has 1 aromatic carbocycles. The van der Waals surface area contributed by atoms with Gasteiger partial charge >= 0.3 is 11.9 Å². The lowest BCUT2D eigenvalue weighted by Gasteiger charge is -2.10. The smallest absolute Gasteiger partial charge is 0.340 e. The highest BCUT2D eigenvalue weighted by Gasteiger charge is 2.31. The van der Waals surface area contributed by atoms with Gasteiger partial charge in [-0.05, 0) is 0 Å². The van der Waals surface area contributed by atoms with Gasteiger partial charge in [0, 0.05) is 0 Å². The molecule has 0 saturated heterocycles. The van der Waals surface area contributed by atoms with Crippen LogP contribution in [0.4, 0.5) is 0 Å².